The second-order valence-electron chi connectivity index (χ2n) is 12.1. The summed E-state index contributed by atoms with van der Waals surface area (Å²) in [5, 5.41) is 2.43. The highest BCUT2D eigenvalue weighted by Crippen LogP contribution is 2.72. The fourth-order valence-corrected chi connectivity index (χ4v) is 7.97. The van der Waals surface area contributed by atoms with E-state index < -0.39 is 5.92 Å². The number of fused-ring (bicyclic) bond motifs is 3. The van der Waals surface area contributed by atoms with Crippen molar-refractivity contribution in [1.82, 2.24) is 0 Å². The van der Waals surface area contributed by atoms with E-state index >= 15 is 0 Å². The van der Waals surface area contributed by atoms with Gasteiger partial charge in [0.25, 0.3) is 0 Å². The van der Waals surface area contributed by atoms with Crippen molar-refractivity contribution in [2.45, 2.75) is 65.0 Å². The van der Waals surface area contributed by atoms with Gasteiger partial charge in [-0.1, -0.05) is 70.2 Å². The molecule has 3 fully saturated rings. The maximum absolute atomic E-state index is 13.8. The lowest BCUT2D eigenvalue weighted by Gasteiger charge is -2.46. The number of carbonyl (C=O) groups is 2. The van der Waals surface area contributed by atoms with Crippen molar-refractivity contribution in [3.63, 3.8) is 0 Å². The molecule has 1 aliphatic heterocycles. The lowest BCUT2D eigenvalue weighted by Crippen LogP contribution is -2.64. The number of carbonyl (C=O) groups excluding carboxylic acids is 2. The molecule has 3 aromatic carbocycles. The molecule has 3 aliphatic rings. The summed E-state index contributed by atoms with van der Waals surface area (Å²) in [6, 6.07) is 22.2. The molecule has 1 saturated heterocycles. The van der Waals surface area contributed by atoms with E-state index in [1.54, 1.807) is 12.0 Å². The van der Waals surface area contributed by atoms with Gasteiger partial charge in [-0.2, -0.15) is 0 Å². The number of hydrogen-bond acceptors (Lipinski definition) is 4. The Hall–Kier alpha value is -3.34. The van der Waals surface area contributed by atoms with Crippen LogP contribution in [0.3, 0.4) is 0 Å². The van der Waals surface area contributed by atoms with E-state index in [4.69, 9.17) is 9.47 Å². The van der Waals surface area contributed by atoms with E-state index in [1.165, 1.54) is 16.3 Å². The molecule has 1 amide bonds. The van der Waals surface area contributed by atoms with Gasteiger partial charge in [0.15, 0.2) is 5.92 Å². The molecule has 0 spiro atoms. The van der Waals surface area contributed by atoms with Crippen LogP contribution in [0, 0.1) is 22.7 Å². The predicted molar refractivity (Wildman–Crippen MR) is 149 cm³/mol. The standard InChI is InChI=1S/C33H37NO4/c1-6-26-27(30(35)34(26)21-14-16-22(37-5)17-15-21)31(36)38-29-25-18-19-33(4,32(25,2)3)28(29)24-13-9-11-20-10-7-8-12-23(20)24/h7-17,25-29H,6,18-19H2,1-5H3/t25-,26?,27?,28-,29-,33+/m0/s1. The van der Waals surface area contributed by atoms with Crippen LogP contribution in [0.5, 0.6) is 5.75 Å². The van der Waals surface area contributed by atoms with Crippen molar-refractivity contribution in [3.8, 4) is 5.75 Å². The van der Waals surface area contributed by atoms with Crippen LogP contribution in [0.4, 0.5) is 5.69 Å². The minimum absolute atomic E-state index is 0.00432. The molecule has 2 saturated carbocycles. The maximum atomic E-state index is 13.8. The normalized spacial score (nSPS) is 31.3. The highest BCUT2D eigenvalue weighted by Gasteiger charge is 2.68. The van der Waals surface area contributed by atoms with E-state index in [0.717, 1.165) is 24.3 Å². The Kier molecular flexibility index (Phi) is 5.82. The van der Waals surface area contributed by atoms with Crippen molar-refractivity contribution < 1.29 is 19.1 Å². The quantitative estimate of drug-likeness (QED) is 0.209. The fraction of sp³-hybridized carbons (Fsp3) is 0.455. The van der Waals surface area contributed by atoms with Crippen LogP contribution in [-0.2, 0) is 14.3 Å². The van der Waals surface area contributed by atoms with Crippen LogP contribution >= 0.6 is 0 Å². The largest absolute Gasteiger partial charge is 0.497 e. The van der Waals surface area contributed by atoms with Gasteiger partial charge < -0.3 is 14.4 Å². The van der Waals surface area contributed by atoms with Gasteiger partial charge in [-0.3, -0.25) is 9.59 Å². The fourth-order valence-electron chi connectivity index (χ4n) is 7.97. The first-order chi connectivity index (χ1) is 18.2. The Morgan fingerprint density at radius 1 is 1.00 bits per heavy atom. The van der Waals surface area contributed by atoms with E-state index in [0.29, 0.717) is 6.42 Å². The third-order valence-electron chi connectivity index (χ3n) is 10.4. The SMILES string of the molecule is CCC1C(C(=O)O[C@H]2[C@@H]3CC[C@](C)([C@H]2c2cccc4ccccc24)C3(C)C)C(=O)N1c1ccc(OC)cc1. The number of anilines is 1. The summed E-state index contributed by atoms with van der Waals surface area (Å²) in [6.45, 7) is 9.08. The van der Waals surface area contributed by atoms with Gasteiger partial charge in [0.1, 0.15) is 11.9 Å². The van der Waals surface area contributed by atoms with Gasteiger partial charge in [0, 0.05) is 17.5 Å². The van der Waals surface area contributed by atoms with Crippen LogP contribution in [-0.4, -0.2) is 31.1 Å². The van der Waals surface area contributed by atoms with E-state index in [1.807, 2.05) is 31.2 Å². The minimum atomic E-state index is -0.759. The van der Waals surface area contributed by atoms with Gasteiger partial charge in [-0.25, -0.2) is 0 Å². The molecule has 3 aromatic rings. The number of ether oxygens (including phenoxy) is 2. The molecule has 0 radical (unpaired) electrons. The summed E-state index contributed by atoms with van der Waals surface area (Å²) < 4.78 is 11.7. The number of nitrogens with zero attached hydrogens (tertiary/aromatic N) is 1. The van der Waals surface area contributed by atoms with E-state index in [2.05, 4.69) is 63.2 Å². The van der Waals surface area contributed by atoms with Crippen LogP contribution < -0.4 is 9.64 Å². The molecular formula is C33H37NO4. The van der Waals surface area contributed by atoms with Crippen molar-refractivity contribution >= 4 is 28.3 Å². The van der Waals surface area contributed by atoms with Crippen LogP contribution in [0.2, 0.25) is 0 Å². The Bertz CT molecular complexity index is 1390. The van der Waals surface area contributed by atoms with Gasteiger partial charge in [0.2, 0.25) is 5.91 Å². The predicted octanol–water partition coefficient (Wildman–Crippen LogP) is 6.74. The second-order valence-corrected chi connectivity index (χ2v) is 12.1. The van der Waals surface area contributed by atoms with E-state index in [-0.39, 0.29) is 46.7 Å². The van der Waals surface area contributed by atoms with Gasteiger partial charge in [-0.15, -0.1) is 0 Å². The smallest absolute Gasteiger partial charge is 0.320 e. The topological polar surface area (TPSA) is 55.8 Å². The van der Waals surface area contributed by atoms with Crippen molar-refractivity contribution in [1.29, 1.82) is 0 Å². The summed E-state index contributed by atoms with van der Waals surface area (Å²) in [7, 11) is 1.62. The molecule has 1 heterocycles. The molecule has 5 heteroatoms. The maximum Gasteiger partial charge on any atom is 0.320 e. The number of esters is 1. The molecule has 6 atom stereocenters. The van der Waals surface area contributed by atoms with Crippen molar-refractivity contribution in [2.75, 3.05) is 12.0 Å². The van der Waals surface area contributed by atoms with Gasteiger partial charge in [-0.05, 0) is 70.7 Å². The molecule has 2 unspecified atom stereocenters. The van der Waals surface area contributed by atoms with Crippen LogP contribution in [0.25, 0.3) is 10.8 Å². The molecule has 0 N–H and O–H groups in total. The average molecular weight is 512 g/mol. The van der Waals surface area contributed by atoms with Crippen molar-refractivity contribution in [3.05, 3.63) is 72.3 Å². The van der Waals surface area contributed by atoms with Crippen LogP contribution in [0.15, 0.2) is 66.7 Å². The first-order valence-corrected chi connectivity index (χ1v) is 13.9. The monoisotopic (exact) mass is 511 g/mol. The summed E-state index contributed by atoms with van der Waals surface area (Å²) in [5.74, 6) is -0.230. The third kappa shape index (κ3) is 3.36. The number of benzene rings is 3. The highest BCUT2D eigenvalue weighted by molar-refractivity contribution is 6.13. The molecule has 5 nitrogen and oxygen atoms in total. The molecule has 2 aliphatic carbocycles. The third-order valence-corrected chi connectivity index (χ3v) is 10.4. The first kappa shape index (κ1) is 25.0. The number of rotatable bonds is 6. The zero-order valence-electron chi connectivity index (χ0n) is 22.9. The molecule has 6 rings (SSSR count). The number of amides is 1. The number of β-lactam (4-membered cyclic amide) rings is 1. The summed E-state index contributed by atoms with van der Waals surface area (Å²) >= 11 is 0. The molecule has 198 valence electrons. The molecule has 0 aromatic heterocycles. The molecular weight excluding hydrogens is 474 g/mol. The summed E-state index contributed by atoms with van der Waals surface area (Å²) in [4.78, 5) is 28.9. The summed E-state index contributed by atoms with van der Waals surface area (Å²) in [6.07, 6.45) is 2.58. The Balaban J connectivity index is 1.32. The Labute approximate surface area is 225 Å². The average Bonchev–Trinajstić information content (AvgIpc) is 3.24. The minimum Gasteiger partial charge on any atom is -0.497 e. The number of methoxy groups -OCH3 is 1. The van der Waals surface area contributed by atoms with E-state index in [9.17, 15) is 9.59 Å². The zero-order chi connectivity index (χ0) is 26.8. The number of hydrogen-bond donors (Lipinski definition) is 0. The van der Waals surface area contributed by atoms with Crippen molar-refractivity contribution in [2.24, 2.45) is 22.7 Å². The lowest BCUT2D eigenvalue weighted by atomic mass is 9.64. The first-order valence-electron chi connectivity index (χ1n) is 13.9. The van der Waals surface area contributed by atoms with Gasteiger partial charge in [0.05, 0.1) is 13.2 Å². The molecule has 38 heavy (non-hydrogen) atoms. The lowest BCUT2D eigenvalue weighted by molar-refractivity contribution is -0.165. The zero-order valence-corrected chi connectivity index (χ0v) is 22.9. The highest BCUT2D eigenvalue weighted by atomic mass is 16.5. The summed E-state index contributed by atoms with van der Waals surface area (Å²) in [5.41, 5.74) is 2.05. The van der Waals surface area contributed by atoms with Crippen LogP contribution in [0.1, 0.15) is 58.4 Å². The molecule has 2 bridgehead atoms. The van der Waals surface area contributed by atoms with Gasteiger partial charge >= 0.3 is 5.97 Å². The second kappa shape index (κ2) is 8.86. The Morgan fingerprint density at radius 2 is 1.71 bits per heavy atom. The Morgan fingerprint density at radius 3 is 2.42 bits per heavy atom.